The van der Waals surface area contributed by atoms with E-state index in [1.807, 2.05) is 6.92 Å². The molecule has 8 amide bonds. The lowest BCUT2D eigenvalue weighted by Gasteiger charge is -2.34. The highest BCUT2D eigenvalue weighted by molar-refractivity contribution is 5.99. The molecule has 4 rings (SSSR count). The van der Waals surface area contributed by atoms with Crippen molar-refractivity contribution in [1.29, 1.82) is 0 Å². The average molecular weight is 827 g/mol. The molecule has 1 aromatic carbocycles. The Hall–Kier alpha value is -5.75. The minimum Gasteiger partial charge on any atom is -0.508 e. The van der Waals surface area contributed by atoms with Crippen LogP contribution in [0, 0.1) is 11.8 Å². The minimum atomic E-state index is -1.73. The second-order valence-corrected chi connectivity index (χ2v) is 16.0. The van der Waals surface area contributed by atoms with Gasteiger partial charge in [0.05, 0.1) is 13.0 Å². The van der Waals surface area contributed by atoms with E-state index >= 15 is 0 Å². The number of hydrogen-bond acceptors (Lipinski definition) is 10. The van der Waals surface area contributed by atoms with Crippen molar-refractivity contribution < 1.29 is 53.4 Å². The highest BCUT2D eigenvalue weighted by atomic mass is 16.4. The number of hydrogen-bond donors (Lipinski definition) is 8. The van der Waals surface area contributed by atoms with Crippen LogP contribution >= 0.6 is 0 Å². The van der Waals surface area contributed by atoms with E-state index in [1.165, 1.54) is 41.0 Å². The van der Waals surface area contributed by atoms with Gasteiger partial charge in [0.25, 0.3) is 0 Å². The zero-order chi connectivity index (χ0) is 43.6. The highest BCUT2D eigenvalue weighted by Crippen LogP contribution is 2.27. The number of aromatic hydroxyl groups is 1. The molecule has 19 nitrogen and oxygen atoms in total. The van der Waals surface area contributed by atoms with Crippen LogP contribution in [0.1, 0.15) is 85.1 Å². The summed E-state index contributed by atoms with van der Waals surface area (Å²) in [7, 11) is 0. The Morgan fingerprint density at radius 3 is 1.92 bits per heavy atom. The summed E-state index contributed by atoms with van der Waals surface area (Å²) >= 11 is 0. The van der Waals surface area contributed by atoms with Crippen LogP contribution in [-0.2, 0) is 49.6 Å². The molecule has 3 fully saturated rings. The molecule has 0 saturated carbocycles. The Bertz CT molecular complexity index is 1750. The van der Waals surface area contributed by atoms with Crippen molar-refractivity contribution >= 4 is 53.2 Å². The van der Waals surface area contributed by atoms with Gasteiger partial charge in [-0.15, -0.1) is 0 Å². The van der Waals surface area contributed by atoms with Crippen LogP contribution in [0.25, 0.3) is 0 Å². The summed E-state index contributed by atoms with van der Waals surface area (Å²) in [5.41, 5.74) is 0.472. The van der Waals surface area contributed by atoms with Gasteiger partial charge in [-0.2, -0.15) is 0 Å². The maximum Gasteiger partial charge on any atom is 0.305 e. The number of carboxylic acid groups (broad SMARTS) is 1. The topological polar surface area (TPSA) is 273 Å². The number of aliphatic carboxylic acids is 1. The van der Waals surface area contributed by atoms with Crippen molar-refractivity contribution in [2.45, 2.75) is 128 Å². The number of amides is 8. The number of phenolic OH excluding ortho intramolecular Hbond substituents is 1. The van der Waals surface area contributed by atoms with E-state index in [9.17, 15) is 53.4 Å². The summed E-state index contributed by atoms with van der Waals surface area (Å²) in [4.78, 5) is 125. The highest BCUT2D eigenvalue weighted by Gasteiger charge is 2.45. The number of fused-ring (bicyclic) bond motifs is 2. The molecule has 0 aliphatic carbocycles. The van der Waals surface area contributed by atoms with Gasteiger partial charge in [-0.3, -0.25) is 43.2 Å². The van der Waals surface area contributed by atoms with Gasteiger partial charge in [0.15, 0.2) is 0 Å². The van der Waals surface area contributed by atoms with Gasteiger partial charge in [0.2, 0.25) is 47.3 Å². The molecule has 0 bridgehead atoms. The molecule has 0 spiro atoms. The molecule has 8 N–H and O–H groups in total. The number of carbonyl (C=O) groups is 9. The monoisotopic (exact) mass is 826 g/mol. The Kier molecular flexibility index (Phi) is 16.2. The molecule has 324 valence electrons. The zero-order valence-electron chi connectivity index (χ0n) is 34.2. The van der Waals surface area contributed by atoms with Gasteiger partial charge < -0.3 is 51.9 Å². The molecule has 8 atom stereocenters. The fourth-order valence-electron chi connectivity index (χ4n) is 7.54. The first-order chi connectivity index (χ1) is 27.9. The number of phenols is 1. The second kappa shape index (κ2) is 20.8. The number of nitrogens with one attached hydrogen (secondary N) is 6. The SMILES string of the molecule is CCC(C)C1NC(=O)CNC(=O)C(CC(C)C)NC(=O)C(CC(=O)O)NC(=O)C(Cc2ccc(O)cc2)NC(=O)C(C)NC(=O)C2CCCN2C(=O)C2CCCN2C1=O. The van der Waals surface area contributed by atoms with Crippen LogP contribution in [0.5, 0.6) is 5.75 Å². The van der Waals surface area contributed by atoms with E-state index in [4.69, 9.17) is 0 Å². The van der Waals surface area contributed by atoms with Crippen LogP contribution in [0.2, 0.25) is 0 Å². The normalized spacial score (nSPS) is 27.7. The molecule has 3 aliphatic heterocycles. The van der Waals surface area contributed by atoms with Crippen molar-refractivity contribution in [3.63, 3.8) is 0 Å². The van der Waals surface area contributed by atoms with Crippen LogP contribution in [0.15, 0.2) is 24.3 Å². The average Bonchev–Trinajstić information content (AvgIpc) is 3.89. The molecule has 3 heterocycles. The third-order valence-corrected chi connectivity index (χ3v) is 11.0. The summed E-state index contributed by atoms with van der Waals surface area (Å²) in [6.07, 6.45) is 1.10. The summed E-state index contributed by atoms with van der Waals surface area (Å²) in [5, 5.41) is 34.8. The first-order valence-corrected chi connectivity index (χ1v) is 20.3. The second-order valence-electron chi connectivity index (χ2n) is 16.0. The number of carbonyl (C=O) groups excluding carboxylic acids is 8. The van der Waals surface area contributed by atoms with Crippen LogP contribution in [0.4, 0.5) is 0 Å². The van der Waals surface area contributed by atoms with E-state index in [0.29, 0.717) is 37.7 Å². The third-order valence-electron chi connectivity index (χ3n) is 11.0. The lowest BCUT2D eigenvalue weighted by molar-refractivity contribution is -0.148. The van der Waals surface area contributed by atoms with E-state index in [2.05, 4.69) is 31.9 Å². The molecule has 19 heteroatoms. The number of carboxylic acids is 1. The minimum absolute atomic E-state index is 0.0618. The molecule has 8 unspecified atom stereocenters. The van der Waals surface area contributed by atoms with Gasteiger partial charge in [0, 0.05) is 19.5 Å². The quantitative estimate of drug-likeness (QED) is 0.158. The Morgan fingerprint density at radius 1 is 0.729 bits per heavy atom. The maximum atomic E-state index is 14.1. The van der Waals surface area contributed by atoms with E-state index in [0.717, 1.165) is 0 Å². The number of nitrogens with zero attached hydrogens (tertiary/aromatic N) is 2. The van der Waals surface area contributed by atoms with Crippen LogP contribution in [0.3, 0.4) is 0 Å². The Labute approximate surface area is 343 Å². The molecule has 59 heavy (non-hydrogen) atoms. The summed E-state index contributed by atoms with van der Waals surface area (Å²) < 4.78 is 0. The largest absolute Gasteiger partial charge is 0.508 e. The first kappa shape index (κ1) is 45.9. The molecule has 1 aromatic rings. The number of benzene rings is 1. The lowest BCUT2D eigenvalue weighted by Crippen LogP contribution is -2.60. The maximum absolute atomic E-state index is 14.1. The van der Waals surface area contributed by atoms with Gasteiger partial charge in [-0.05, 0) is 68.6 Å². The molecule has 3 saturated heterocycles. The van der Waals surface area contributed by atoms with Crippen LogP contribution in [-0.4, -0.2) is 135 Å². The molecular weight excluding hydrogens is 768 g/mol. The van der Waals surface area contributed by atoms with E-state index in [-0.39, 0.29) is 43.5 Å². The first-order valence-electron chi connectivity index (χ1n) is 20.3. The van der Waals surface area contributed by atoms with Crippen molar-refractivity contribution in [1.82, 2.24) is 41.7 Å². The lowest BCUT2D eigenvalue weighted by atomic mass is 9.97. The summed E-state index contributed by atoms with van der Waals surface area (Å²) in [6.45, 7) is 8.45. The summed E-state index contributed by atoms with van der Waals surface area (Å²) in [5.74, 6) is -7.85. The molecule has 0 aromatic heterocycles. The van der Waals surface area contributed by atoms with Crippen molar-refractivity contribution in [2.24, 2.45) is 11.8 Å². The van der Waals surface area contributed by atoms with Gasteiger partial charge >= 0.3 is 5.97 Å². The van der Waals surface area contributed by atoms with Crippen molar-refractivity contribution in [3.8, 4) is 5.75 Å². The van der Waals surface area contributed by atoms with Gasteiger partial charge in [-0.1, -0.05) is 46.2 Å². The van der Waals surface area contributed by atoms with Crippen LogP contribution < -0.4 is 31.9 Å². The van der Waals surface area contributed by atoms with Crippen molar-refractivity contribution in [2.75, 3.05) is 19.6 Å². The molecular formula is C40H58N8O11. The summed E-state index contributed by atoms with van der Waals surface area (Å²) in [6, 6.07) is -2.85. The van der Waals surface area contributed by atoms with Gasteiger partial charge in [0.1, 0.15) is 48.0 Å². The van der Waals surface area contributed by atoms with E-state index < -0.39 is 108 Å². The predicted octanol–water partition coefficient (Wildman–Crippen LogP) is -0.943. The molecule has 0 radical (unpaired) electrons. The predicted molar refractivity (Wildman–Crippen MR) is 211 cm³/mol. The smallest absolute Gasteiger partial charge is 0.305 e. The molecule has 3 aliphatic rings. The van der Waals surface area contributed by atoms with E-state index in [1.54, 1.807) is 20.8 Å². The van der Waals surface area contributed by atoms with Gasteiger partial charge in [-0.25, -0.2) is 0 Å². The Balaban J connectivity index is 1.71. The third kappa shape index (κ3) is 12.4. The fraction of sp³-hybridized carbons (Fsp3) is 0.625. The Morgan fingerprint density at radius 2 is 1.31 bits per heavy atom. The zero-order valence-corrected chi connectivity index (χ0v) is 34.2. The standard InChI is InChI=1S/C40H58N8O11/c1-6-22(4)33-40(59)48-16-8-10-30(48)39(58)47-15-7-9-29(47)38(57)42-23(5)34(53)43-27(18-24-11-13-25(49)14-12-24)36(55)45-28(19-32(51)52)37(56)44-26(17-21(2)3)35(54)41-20-31(50)46-33/h11-14,21-23,26-30,33,49H,6-10,15-20H2,1-5H3,(H,41,54)(H,42,57)(H,43,53)(H,44,56)(H,45,55)(H,46,50)(H,51,52). The number of rotatable bonds is 8. The van der Waals surface area contributed by atoms with Crippen molar-refractivity contribution in [3.05, 3.63) is 29.8 Å². The fourth-order valence-corrected chi connectivity index (χ4v) is 7.54.